The topological polar surface area (TPSA) is 81.3 Å². The van der Waals surface area contributed by atoms with Gasteiger partial charge in [-0.1, -0.05) is 0 Å². The van der Waals surface area contributed by atoms with Gasteiger partial charge in [0.2, 0.25) is 5.78 Å². The number of esters is 1. The molecule has 0 unspecified atom stereocenters. The van der Waals surface area contributed by atoms with E-state index in [2.05, 4.69) is 9.97 Å². The van der Waals surface area contributed by atoms with Gasteiger partial charge in [-0.3, -0.25) is 9.78 Å². The first-order valence-electron chi connectivity index (χ1n) is 7.37. The zero-order chi connectivity index (χ0) is 17.1. The summed E-state index contributed by atoms with van der Waals surface area (Å²) in [6, 6.07) is 10.5. The molecular weight excluding hydrogens is 308 g/mol. The molecule has 0 amide bonds. The van der Waals surface area contributed by atoms with Crippen molar-refractivity contribution in [3.8, 4) is 5.75 Å². The van der Waals surface area contributed by atoms with Crippen molar-refractivity contribution in [3.63, 3.8) is 0 Å². The average Bonchev–Trinajstić information content (AvgIpc) is 3.12. The number of aromatic amines is 1. The monoisotopic (exact) mass is 324 g/mol. The normalized spacial score (nSPS) is 10.6. The van der Waals surface area contributed by atoms with Crippen LogP contribution in [0.4, 0.5) is 0 Å². The fraction of sp³-hybridized carbons (Fsp3) is 0.167. The molecule has 3 aromatic rings. The highest BCUT2D eigenvalue weighted by Crippen LogP contribution is 2.22. The van der Waals surface area contributed by atoms with Crippen molar-refractivity contribution in [2.24, 2.45) is 0 Å². The van der Waals surface area contributed by atoms with Crippen molar-refractivity contribution in [3.05, 3.63) is 59.5 Å². The van der Waals surface area contributed by atoms with Gasteiger partial charge in [0.1, 0.15) is 5.75 Å². The predicted molar refractivity (Wildman–Crippen MR) is 88.4 cm³/mol. The van der Waals surface area contributed by atoms with Gasteiger partial charge in [-0.2, -0.15) is 0 Å². The molecule has 6 nitrogen and oxygen atoms in total. The standard InChI is InChI=1S/C18H16N2O4/c1-11-14(8-12-5-6-13(23-2)9-16(12)20-11)18(22)24-10-17(21)15-4-3-7-19-15/h3-9,19H,10H2,1-2H3. The zero-order valence-corrected chi connectivity index (χ0v) is 13.3. The second kappa shape index (κ2) is 6.54. The van der Waals surface area contributed by atoms with Crippen LogP contribution in [0, 0.1) is 6.92 Å². The summed E-state index contributed by atoms with van der Waals surface area (Å²) in [5.74, 6) is -0.164. The lowest BCUT2D eigenvalue weighted by molar-refractivity contribution is 0.0472. The van der Waals surface area contributed by atoms with Crippen LogP contribution < -0.4 is 4.74 Å². The number of aryl methyl sites for hydroxylation is 1. The second-order valence-corrected chi connectivity index (χ2v) is 5.26. The molecule has 0 saturated carbocycles. The van der Waals surface area contributed by atoms with Gasteiger partial charge in [-0.15, -0.1) is 0 Å². The molecular formula is C18H16N2O4. The molecule has 1 aromatic carbocycles. The van der Waals surface area contributed by atoms with E-state index in [-0.39, 0.29) is 12.4 Å². The summed E-state index contributed by atoms with van der Waals surface area (Å²) in [4.78, 5) is 31.3. The van der Waals surface area contributed by atoms with Crippen molar-refractivity contribution in [1.82, 2.24) is 9.97 Å². The molecule has 24 heavy (non-hydrogen) atoms. The van der Waals surface area contributed by atoms with Crippen LogP contribution in [0.5, 0.6) is 5.75 Å². The number of benzene rings is 1. The van der Waals surface area contributed by atoms with Gasteiger partial charge < -0.3 is 14.5 Å². The van der Waals surface area contributed by atoms with Crippen LogP contribution in [0.25, 0.3) is 10.9 Å². The van der Waals surface area contributed by atoms with E-state index < -0.39 is 5.97 Å². The van der Waals surface area contributed by atoms with Crippen molar-refractivity contribution in [1.29, 1.82) is 0 Å². The van der Waals surface area contributed by atoms with Crippen LogP contribution in [0.15, 0.2) is 42.6 Å². The molecule has 6 heteroatoms. The van der Waals surface area contributed by atoms with E-state index >= 15 is 0 Å². The lowest BCUT2D eigenvalue weighted by Gasteiger charge is -2.08. The molecule has 3 rings (SSSR count). The van der Waals surface area contributed by atoms with Crippen LogP contribution in [0.2, 0.25) is 0 Å². The molecule has 0 aliphatic rings. The molecule has 0 aliphatic carbocycles. The third-order valence-electron chi connectivity index (χ3n) is 3.67. The minimum absolute atomic E-state index is 0.288. The van der Waals surface area contributed by atoms with Gasteiger partial charge in [-0.05, 0) is 37.3 Å². The first-order chi connectivity index (χ1) is 11.6. The second-order valence-electron chi connectivity index (χ2n) is 5.26. The van der Waals surface area contributed by atoms with Crippen molar-refractivity contribution >= 4 is 22.7 Å². The van der Waals surface area contributed by atoms with E-state index in [9.17, 15) is 9.59 Å². The Kier molecular flexibility index (Phi) is 4.29. The predicted octanol–water partition coefficient (Wildman–Crippen LogP) is 2.92. The molecule has 1 N–H and O–H groups in total. The number of ketones is 1. The Labute approximate surface area is 138 Å². The minimum atomic E-state index is -0.572. The van der Waals surface area contributed by atoms with Gasteiger partial charge in [-0.25, -0.2) is 4.79 Å². The van der Waals surface area contributed by atoms with Crippen molar-refractivity contribution < 1.29 is 19.1 Å². The molecule has 0 aliphatic heterocycles. The Hall–Kier alpha value is -3.15. The van der Waals surface area contributed by atoms with Crippen LogP contribution in [-0.2, 0) is 4.74 Å². The lowest BCUT2D eigenvalue weighted by Crippen LogP contribution is -2.15. The maximum atomic E-state index is 12.3. The number of rotatable bonds is 5. The first-order valence-corrected chi connectivity index (χ1v) is 7.37. The quantitative estimate of drug-likeness (QED) is 0.576. The van der Waals surface area contributed by atoms with Crippen molar-refractivity contribution in [2.75, 3.05) is 13.7 Å². The number of methoxy groups -OCH3 is 1. The number of Topliss-reactive ketones (excluding diaryl/α,β-unsaturated/α-hetero) is 1. The van der Waals surface area contributed by atoms with Gasteiger partial charge >= 0.3 is 5.97 Å². The third-order valence-corrected chi connectivity index (χ3v) is 3.67. The van der Waals surface area contributed by atoms with Crippen LogP contribution in [0.1, 0.15) is 26.5 Å². The molecule has 0 spiro atoms. The number of H-pyrrole nitrogens is 1. The maximum absolute atomic E-state index is 12.3. The van der Waals surface area contributed by atoms with Gasteiger partial charge in [0.25, 0.3) is 0 Å². The Bertz CT molecular complexity index is 901. The molecule has 0 bridgehead atoms. The smallest absolute Gasteiger partial charge is 0.340 e. The Morgan fingerprint density at radius 3 is 2.75 bits per heavy atom. The highest BCUT2D eigenvalue weighted by Gasteiger charge is 2.16. The summed E-state index contributed by atoms with van der Waals surface area (Å²) in [7, 11) is 1.58. The van der Waals surface area contributed by atoms with E-state index in [1.54, 1.807) is 50.6 Å². The average molecular weight is 324 g/mol. The van der Waals surface area contributed by atoms with E-state index in [1.807, 2.05) is 6.07 Å². The molecule has 2 heterocycles. The van der Waals surface area contributed by atoms with Gasteiger partial charge in [0, 0.05) is 17.6 Å². The minimum Gasteiger partial charge on any atom is -0.497 e. The molecule has 122 valence electrons. The SMILES string of the molecule is COc1ccc2cc(C(=O)OCC(=O)c3ccc[nH]3)c(C)nc2c1. The van der Waals surface area contributed by atoms with Crippen LogP contribution >= 0.6 is 0 Å². The molecule has 2 aromatic heterocycles. The number of fused-ring (bicyclic) bond motifs is 1. The number of carbonyl (C=O) groups is 2. The maximum Gasteiger partial charge on any atom is 0.340 e. The first kappa shape index (κ1) is 15.7. The Morgan fingerprint density at radius 2 is 2.04 bits per heavy atom. The number of hydrogen-bond acceptors (Lipinski definition) is 5. The molecule has 0 atom stereocenters. The fourth-order valence-electron chi connectivity index (χ4n) is 2.37. The number of nitrogens with zero attached hydrogens (tertiary/aromatic N) is 1. The van der Waals surface area contributed by atoms with Gasteiger partial charge in [0.15, 0.2) is 6.61 Å². The highest BCUT2D eigenvalue weighted by atomic mass is 16.5. The van der Waals surface area contributed by atoms with Crippen LogP contribution in [-0.4, -0.2) is 35.4 Å². The number of pyridine rings is 1. The molecule has 0 radical (unpaired) electrons. The summed E-state index contributed by atoms with van der Waals surface area (Å²) >= 11 is 0. The van der Waals surface area contributed by atoms with E-state index in [0.717, 1.165) is 10.9 Å². The fourth-order valence-corrected chi connectivity index (χ4v) is 2.37. The third kappa shape index (κ3) is 3.12. The van der Waals surface area contributed by atoms with E-state index in [1.165, 1.54) is 0 Å². The summed E-state index contributed by atoms with van der Waals surface area (Å²) in [5, 5.41) is 0.795. The summed E-state index contributed by atoms with van der Waals surface area (Å²) < 4.78 is 10.3. The number of aromatic nitrogens is 2. The summed E-state index contributed by atoms with van der Waals surface area (Å²) in [6.45, 7) is 1.40. The Balaban J connectivity index is 1.79. The van der Waals surface area contributed by atoms with E-state index in [4.69, 9.17) is 9.47 Å². The highest BCUT2D eigenvalue weighted by molar-refractivity contribution is 5.99. The largest absolute Gasteiger partial charge is 0.497 e. The summed E-state index contributed by atoms with van der Waals surface area (Å²) in [6.07, 6.45) is 1.64. The number of hydrogen-bond donors (Lipinski definition) is 1. The molecule has 0 fully saturated rings. The Morgan fingerprint density at radius 1 is 1.21 bits per heavy atom. The number of ether oxygens (including phenoxy) is 2. The lowest BCUT2D eigenvalue weighted by atomic mass is 10.1. The van der Waals surface area contributed by atoms with Crippen molar-refractivity contribution in [2.45, 2.75) is 6.92 Å². The number of nitrogens with one attached hydrogen (secondary N) is 1. The molecule has 0 saturated heterocycles. The van der Waals surface area contributed by atoms with Crippen LogP contribution in [0.3, 0.4) is 0 Å². The van der Waals surface area contributed by atoms with Gasteiger partial charge in [0.05, 0.1) is 29.6 Å². The van der Waals surface area contributed by atoms with E-state index in [0.29, 0.717) is 22.7 Å². The zero-order valence-electron chi connectivity index (χ0n) is 13.3. The number of carbonyl (C=O) groups excluding carboxylic acids is 2. The summed E-state index contributed by atoms with van der Waals surface area (Å²) in [5.41, 5.74) is 2.01.